The lowest BCUT2D eigenvalue weighted by atomic mass is 9.59. The summed E-state index contributed by atoms with van der Waals surface area (Å²) in [5.74, 6) is -2.08. The van der Waals surface area contributed by atoms with Gasteiger partial charge in [0, 0.05) is 21.1 Å². The molecule has 4 atom stereocenters. The van der Waals surface area contributed by atoms with Gasteiger partial charge in [0.15, 0.2) is 10.8 Å². The minimum absolute atomic E-state index is 0.197. The Labute approximate surface area is 172 Å². The number of fused-ring (bicyclic) bond motifs is 1. The Morgan fingerprint density at radius 1 is 1.13 bits per heavy atom. The number of hydrogen-bond acceptors (Lipinski definition) is 9. The van der Waals surface area contributed by atoms with Crippen LogP contribution in [0.1, 0.15) is 30.5 Å². The quantitative estimate of drug-likeness (QED) is 0.751. The molecule has 1 fully saturated rings. The second-order valence-electron chi connectivity index (χ2n) is 7.09. The minimum atomic E-state index is -1.98. The van der Waals surface area contributed by atoms with Crippen molar-refractivity contribution in [3.63, 3.8) is 0 Å². The van der Waals surface area contributed by atoms with Gasteiger partial charge >= 0.3 is 0 Å². The number of furan rings is 2. The standard InChI is InChI=1S/C20H19N5O5/c1-12(26)25-15(13-6-4-8-29-13)18(10-21)17(23)24-20(27-2,28-3)19(18,11-22)16(25)14-7-5-9-30-14/h4-9,15-16H,1-3H3,(H2,23,24). The summed E-state index contributed by atoms with van der Waals surface area (Å²) >= 11 is 0. The van der Waals surface area contributed by atoms with Crippen LogP contribution >= 0.6 is 0 Å². The van der Waals surface area contributed by atoms with Crippen LogP contribution in [0.4, 0.5) is 0 Å². The van der Waals surface area contributed by atoms with Gasteiger partial charge in [0.25, 0.3) is 5.91 Å². The molecule has 2 aliphatic heterocycles. The SMILES string of the molecule is COC1(OC)N=C(N)C2(C#N)C(c3ccco3)N(C(C)=O)C(c3ccco3)C12C#N. The highest BCUT2D eigenvalue weighted by Crippen LogP contribution is 2.73. The van der Waals surface area contributed by atoms with Gasteiger partial charge in [0.1, 0.15) is 29.4 Å². The second kappa shape index (κ2) is 6.46. The fraction of sp³-hybridized carbons (Fsp3) is 0.400. The van der Waals surface area contributed by atoms with Gasteiger partial charge in [-0.25, -0.2) is 4.99 Å². The summed E-state index contributed by atoms with van der Waals surface area (Å²) in [7, 11) is 2.59. The van der Waals surface area contributed by atoms with Crippen LogP contribution in [0.3, 0.4) is 0 Å². The molecule has 1 saturated heterocycles. The summed E-state index contributed by atoms with van der Waals surface area (Å²) in [6.45, 7) is 1.33. The van der Waals surface area contributed by atoms with E-state index < -0.39 is 34.7 Å². The second-order valence-corrected chi connectivity index (χ2v) is 7.09. The molecule has 4 unspecified atom stereocenters. The third kappa shape index (κ3) is 1.92. The fourth-order valence-electron chi connectivity index (χ4n) is 4.98. The maximum atomic E-state index is 13.0. The zero-order chi connectivity index (χ0) is 21.7. The lowest BCUT2D eigenvalue weighted by Gasteiger charge is -2.41. The first-order chi connectivity index (χ1) is 14.4. The molecule has 1 amide bonds. The van der Waals surface area contributed by atoms with Crippen LogP contribution in [0.5, 0.6) is 0 Å². The van der Waals surface area contributed by atoms with Crippen LogP contribution in [0.15, 0.2) is 50.6 Å². The Morgan fingerprint density at radius 3 is 2.10 bits per heavy atom. The highest BCUT2D eigenvalue weighted by atomic mass is 16.7. The molecule has 2 aliphatic rings. The normalized spacial score (nSPS) is 31.6. The summed E-state index contributed by atoms with van der Waals surface area (Å²) < 4.78 is 22.4. The van der Waals surface area contributed by atoms with Crippen molar-refractivity contribution in [1.82, 2.24) is 4.90 Å². The summed E-state index contributed by atoms with van der Waals surface area (Å²) in [6.07, 6.45) is 2.82. The largest absolute Gasteiger partial charge is 0.467 e. The van der Waals surface area contributed by atoms with Crippen molar-refractivity contribution in [3.8, 4) is 12.1 Å². The third-order valence-electron chi connectivity index (χ3n) is 6.06. The van der Waals surface area contributed by atoms with Crippen LogP contribution in [-0.4, -0.2) is 36.8 Å². The lowest BCUT2D eigenvalue weighted by Crippen LogP contribution is -2.56. The molecular formula is C20H19N5O5. The van der Waals surface area contributed by atoms with Crippen molar-refractivity contribution >= 4 is 11.7 Å². The number of methoxy groups -OCH3 is 2. The first-order valence-electron chi connectivity index (χ1n) is 9.05. The molecule has 0 aliphatic carbocycles. The molecule has 154 valence electrons. The van der Waals surface area contributed by atoms with Crippen molar-refractivity contribution < 1.29 is 23.1 Å². The number of ether oxygens (including phenoxy) is 2. The molecular weight excluding hydrogens is 390 g/mol. The molecule has 0 saturated carbocycles. The zero-order valence-electron chi connectivity index (χ0n) is 16.5. The Hall–Kier alpha value is -3.60. The molecule has 0 aromatic carbocycles. The van der Waals surface area contributed by atoms with E-state index in [1.807, 2.05) is 0 Å². The minimum Gasteiger partial charge on any atom is -0.467 e. The molecule has 0 bridgehead atoms. The summed E-state index contributed by atoms with van der Waals surface area (Å²) in [5, 5.41) is 21.1. The average Bonchev–Trinajstić information content (AvgIpc) is 3.51. The van der Waals surface area contributed by atoms with E-state index >= 15 is 0 Å². The first kappa shape index (κ1) is 19.7. The van der Waals surface area contributed by atoms with E-state index in [4.69, 9.17) is 24.0 Å². The number of likely N-dealkylation sites (tertiary alicyclic amines) is 1. The predicted octanol–water partition coefficient (Wildman–Crippen LogP) is 1.85. The van der Waals surface area contributed by atoms with E-state index in [2.05, 4.69) is 17.1 Å². The van der Waals surface area contributed by atoms with E-state index in [1.54, 1.807) is 24.3 Å². The van der Waals surface area contributed by atoms with Crippen LogP contribution in [0, 0.1) is 33.5 Å². The Bertz CT molecular complexity index is 1080. The monoisotopic (exact) mass is 409 g/mol. The maximum Gasteiger partial charge on any atom is 0.294 e. The van der Waals surface area contributed by atoms with Crippen LogP contribution in [0.2, 0.25) is 0 Å². The predicted molar refractivity (Wildman–Crippen MR) is 99.9 cm³/mol. The molecule has 10 heteroatoms. The van der Waals surface area contributed by atoms with E-state index in [9.17, 15) is 15.3 Å². The molecule has 2 N–H and O–H groups in total. The van der Waals surface area contributed by atoms with Gasteiger partial charge in [-0.05, 0) is 24.3 Å². The zero-order valence-corrected chi connectivity index (χ0v) is 16.5. The van der Waals surface area contributed by atoms with Gasteiger partial charge in [-0.1, -0.05) is 0 Å². The molecule has 0 radical (unpaired) electrons. The van der Waals surface area contributed by atoms with E-state index in [-0.39, 0.29) is 17.4 Å². The smallest absolute Gasteiger partial charge is 0.294 e. The average molecular weight is 409 g/mol. The number of nitrogens with zero attached hydrogens (tertiary/aromatic N) is 4. The third-order valence-corrected chi connectivity index (χ3v) is 6.06. The molecule has 2 aromatic heterocycles. The number of carbonyl (C=O) groups excluding carboxylic acids is 1. The number of rotatable bonds is 4. The van der Waals surface area contributed by atoms with Gasteiger partial charge < -0.3 is 28.9 Å². The van der Waals surface area contributed by atoms with E-state index in [0.29, 0.717) is 0 Å². The van der Waals surface area contributed by atoms with Crippen molar-refractivity contribution in [2.24, 2.45) is 21.6 Å². The Balaban J connectivity index is 2.18. The van der Waals surface area contributed by atoms with Crippen molar-refractivity contribution in [3.05, 3.63) is 48.3 Å². The number of nitriles is 2. The highest BCUT2D eigenvalue weighted by molar-refractivity contribution is 5.96. The fourth-order valence-corrected chi connectivity index (χ4v) is 4.98. The molecule has 30 heavy (non-hydrogen) atoms. The van der Waals surface area contributed by atoms with E-state index in [0.717, 1.165) is 0 Å². The number of nitrogens with two attached hydrogens (primary N) is 1. The van der Waals surface area contributed by atoms with Crippen molar-refractivity contribution in [2.75, 3.05) is 14.2 Å². The molecule has 4 heterocycles. The number of hydrogen-bond donors (Lipinski definition) is 1. The lowest BCUT2D eigenvalue weighted by molar-refractivity contribution is -0.263. The van der Waals surface area contributed by atoms with Gasteiger partial charge in [0.05, 0.1) is 24.7 Å². The topological polar surface area (TPSA) is 151 Å². The molecule has 0 spiro atoms. The summed E-state index contributed by atoms with van der Waals surface area (Å²) in [5.41, 5.74) is 2.57. The van der Waals surface area contributed by atoms with Crippen LogP contribution in [0.25, 0.3) is 0 Å². The number of amidine groups is 1. The first-order valence-corrected chi connectivity index (χ1v) is 9.05. The van der Waals surface area contributed by atoms with E-state index in [1.165, 1.54) is 38.6 Å². The highest BCUT2D eigenvalue weighted by Gasteiger charge is 2.86. The summed E-state index contributed by atoms with van der Waals surface area (Å²) in [4.78, 5) is 18.6. The number of aliphatic imine (C=N–C) groups is 1. The summed E-state index contributed by atoms with van der Waals surface area (Å²) in [6, 6.07) is 8.65. The Kier molecular flexibility index (Phi) is 4.24. The van der Waals surface area contributed by atoms with Gasteiger partial charge in [-0.15, -0.1) is 0 Å². The number of amides is 1. The van der Waals surface area contributed by atoms with Gasteiger partial charge in [0.2, 0.25) is 5.91 Å². The van der Waals surface area contributed by atoms with Crippen LogP contribution < -0.4 is 5.73 Å². The van der Waals surface area contributed by atoms with Crippen molar-refractivity contribution in [2.45, 2.75) is 24.9 Å². The molecule has 4 rings (SSSR count). The Morgan fingerprint density at radius 2 is 1.70 bits per heavy atom. The van der Waals surface area contributed by atoms with Gasteiger partial charge in [-0.3, -0.25) is 4.79 Å². The molecule has 2 aromatic rings. The maximum absolute atomic E-state index is 13.0. The van der Waals surface area contributed by atoms with Gasteiger partial charge in [-0.2, -0.15) is 10.5 Å². The van der Waals surface area contributed by atoms with Crippen LogP contribution in [-0.2, 0) is 14.3 Å². The molecule has 10 nitrogen and oxygen atoms in total. The number of carbonyl (C=O) groups is 1. The van der Waals surface area contributed by atoms with Crippen molar-refractivity contribution in [1.29, 1.82) is 10.5 Å².